The number of hydrogen-bond donors (Lipinski definition) is 2. The van der Waals surface area contributed by atoms with Gasteiger partial charge in [-0.2, -0.15) is 0 Å². The quantitative estimate of drug-likeness (QED) is 0.570. The standard InChI is InChI=1S/C14H22N4/c15-17-14-7-13(5-6-16-14)10-18(8-11-1-2-11)9-12-3-4-12/h5-7,11-12H,1-4,8-10,15H2,(H,16,17). The van der Waals surface area contributed by atoms with Crippen molar-refractivity contribution in [2.75, 3.05) is 18.5 Å². The van der Waals surface area contributed by atoms with Crippen LogP contribution in [0.15, 0.2) is 18.3 Å². The van der Waals surface area contributed by atoms with E-state index >= 15 is 0 Å². The number of nitrogens with zero attached hydrogens (tertiary/aromatic N) is 2. The molecule has 0 spiro atoms. The fourth-order valence-corrected chi connectivity index (χ4v) is 2.44. The van der Waals surface area contributed by atoms with Crippen LogP contribution in [0.25, 0.3) is 0 Å². The van der Waals surface area contributed by atoms with Gasteiger partial charge in [-0.25, -0.2) is 10.8 Å². The molecule has 0 bridgehead atoms. The van der Waals surface area contributed by atoms with Crippen LogP contribution < -0.4 is 11.3 Å². The number of anilines is 1. The van der Waals surface area contributed by atoms with E-state index < -0.39 is 0 Å². The lowest BCUT2D eigenvalue weighted by atomic mass is 10.2. The fourth-order valence-electron chi connectivity index (χ4n) is 2.44. The molecule has 2 fully saturated rings. The Morgan fingerprint density at radius 2 is 1.89 bits per heavy atom. The highest BCUT2D eigenvalue weighted by atomic mass is 15.2. The lowest BCUT2D eigenvalue weighted by Gasteiger charge is -2.22. The molecule has 0 atom stereocenters. The van der Waals surface area contributed by atoms with E-state index in [1.807, 2.05) is 12.3 Å². The van der Waals surface area contributed by atoms with Gasteiger partial charge in [0.1, 0.15) is 5.82 Å². The largest absolute Gasteiger partial charge is 0.308 e. The summed E-state index contributed by atoms with van der Waals surface area (Å²) in [6, 6.07) is 4.14. The summed E-state index contributed by atoms with van der Waals surface area (Å²) in [6.07, 6.45) is 7.53. The number of hydrogen-bond acceptors (Lipinski definition) is 4. The first-order chi connectivity index (χ1) is 8.83. The highest BCUT2D eigenvalue weighted by molar-refractivity contribution is 5.35. The van der Waals surface area contributed by atoms with Crippen molar-refractivity contribution in [3.8, 4) is 0 Å². The highest BCUT2D eigenvalue weighted by Crippen LogP contribution is 2.34. The maximum Gasteiger partial charge on any atom is 0.140 e. The molecular formula is C14H22N4. The Morgan fingerprint density at radius 1 is 1.22 bits per heavy atom. The molecule has 2 saturated carbocycles. The van der Waals surface area contributed by atoms with E-state index in [1.165, 1.54) is 44.3 Å². The predicted molar refractivity (Wildman–Crippen MR) is 72.8 cm³/mol. The predicted octanol–water partition coefficient (Wildman–Crippen LogP) is 1.99. The normalized spacial score (nSPS) is 19.2. The molecule has 1 aromatic heterocycles. The molecule has 3 N–H and O–H groups in total. The minimum atomic E-state index is 0.755. The van der Waals surface area contributed by atoms with Gasteiger partial charge in [0.2, 0.25) is 0 Å². The van der Waals surface area contributed by atoms with E-state index in [1.54, 1.807) is 0 Å². The van der Waals surface area contributed by atoms with Crippen LogP contribution in [0.4, 0.5) is 5.82 Å². The number of nitrogens with two attached hydrogens (primary N) is 1. The smallest absolute Gasteiger partial charge is 0.140 e. The van der Waals surface area contributed by atoms with E-state index in [0.717, 1.165) is 24.2 Å². The number of hydrazine groups is 1. The average Bonchev–Trinajstić information content (AvgIpc) is 3.25. The highest BCUT2D eigenvalue weighted by Gasteiger charge is 2.29. The van der Waals surface area contributed by atoms with Gasteiger partial charge in [-0.3, -0.25) is 4.90 Å². The van der Waals surface area contributed by atoms with Crippen molar-refractivity contribution in [3.63, 3.8) is 0 Å². The van der Waals surface area contributed by atoms with Crippen molar-refractivity contribution in [2.45, 2.75) is 32.2 Å². The van der Waals surface area contributed by atoms with Crippen LogP contribution in [0.5, 0.6) is 0 Å². The monoisotopic (exact) mass is 246 g/mol. The Labute approximate surface area is 109 Å². The van der Waals surface area contributed by atoms with Crippen LogP contribution in [0.3, 0.4) is 0 Å². The number of pyridine rings is 1. The summed E-state index contributed by atoms with van der Waals surface area (Å²) in [7, 11) is 0. The summed E-state index contributed by atoms with van der Waals surface area (Å²) in [6.45, 7) is 3.57. The Morgan fingerprint density at radius 3 is 2.44 bits per heavy atom. The third-order valence-corrected chi connectivity index (χ3v) is 3.81. The summed E-state index contributed by atoms with van der Waals surface area (Å²) in [5.41, 5.74) is 3.92. The maximum absolute atomic E-state index is 5.40. The molecule has 2 aliphatic carbocycles. The van der Waals surface area contributed by atoms with E-state index in [2.05, 4.69) is 21.4 Å². The summed E-state index contributed by atoms with van der Waals surface area (Å²) >= 11 is 0. The molecule has 0 aliphatic heterocycles. The molecule has 2 aliphatic rings. The summed E-state index contributed by atoms with van der Waals surface area (Å²) in [5, 5.41) is 0. The third-order valence-electron chi connectivity index (χ3n) is 3.81. The summed E-state index contributed by atoms with van der Waals surface area (Å²) in [5.74, 6) is 8.07. The van der Waals surface area contributed by atoms with Gasteiger partial charge in [-0.05, 0) is 55.2 Å². The van der Waals surface area contributed by atoms with Crippen molar-refractivity contribution in [3.05, 3.63) is 23.9 Å². The van der Waals surface area contributed by atoms with E-state index in [9.17, 15) is 0 Å². The summed E-state index contributed by atoms with van der Waals surface area (Å²) < 4.78 is 0. The molecule has 3 rings (SSSR count). The maximum atomic E-state index is 5.40. The Balaban J connectivity index is 1.61. The zero-order chi connectivity index (χ0) is 12.4. The van der Waals surface area contributed by atoms with Gasteiger partial charge < -0.3 is 5.43 Å². The van der Waals surface area contributed by atoms with Gasteiger partial charge in [0.15, 0.2) is 0 Å². The second-order valence-corrected chi connectivity index (χ2v) is 5.77. The van der Waals surface area contributed by atoms with Crippen molar-refractivity contribution in [2.24, 2.45) is 17.7 Å². The van der Waals surface area contributed by atoms with Crippen molar-refractivity contribution in [1.29, 1.82) is 0 Å². The molecule has 18 heavy (non-hydrogen) atoms. The van der Waals surface area contributed by atoms with E-state index in [0.29, 0.717) is 0 Å². The minimum Gasteiger partial charge on any atom is -0.308 e. The second kappa shape index (κ2) is 5.24. The van der Waals surface area contributed by atoms with Gasteiger partial charge in [0, 0.05) is 25.8 Å². The van der Waals surface area contributed by atoms with Gasteiger partial charge in [-0.1, -0.05) is 0 Å². The average molecular weight is 246 g/mol. The topological polar surface area (TPSA) is 54.2 Å². The molecule has 4 heteroatoms. The number of nitrogens with one attached hydrogen (secondary N) is 1. The van der Waals surface area contributed by atoms with Crippen LogP contribution in [-0.2, 0) is 6.54 Å². The Kier molecular flexibility index (Phi) is 3.48. The van der Waals surface area contributed by atoms with Crippen LogP contribution in [-0.4, -0.2) is 23.0 Å². The van der Waals surface area contributed by atoms with Gasteiger partial charge in [-0.15, -0.1) is 0 Å². The number of nitrogen functional groups attached to an aromatic ring is 1. The van der Waals surface area contributed by atoms with Crippen LogP contribution in [0, 0.1) is 11.8 Å². The molecule has 0 aromatic carbocycles. The first kappa shape index (κ1) is 11.9. The van der Waals surface area contributed by atoms with Crippen molar-refractivity contribution < 1.29 is 0 Å². The third kappa shape index (κ3) is 3.43. The molecule has 1 aromatic rings. The van der Waals surface area contributed by atoms with Crippen LogP contribution in [0.1, 0.15) is 31.2 Å². The first-order valence-electron chi connectivity index (χ1n) is 6.97. The lowest BCUT2D eigenvalue weighted by molar-refractivity contribution is 0.244. The molecule has 0 saturated heterocycles. The number of aromatic nitrogens is 1. The molecule has 4 nitrogen and oxygen atoms in total. The SMILES string of the molecule is NNc1cc(CN(CC2CC2)CC2CC2)ccn1. The van der Waals surface area contributed by atoms with Crippen molar-refractivity contribution >= 4 is 5.82 Å². The Hall–Kier alpha value is -1.13. The molecule has 98 valence electrons. The molecule has 0 radical (unpaired) electrons. The first-order valence-corrected chi connectivity index (χ1v) is 6.97. The van der Waals surface area contributed by atoms with Crippen LogP contribution >= 0.6 is 0 Å². The zero-order valence-corrected chi connectivity index (χ0v) is 10.8. The summed E-state index contributed by atoms with van der Waals surface area (Å²) in [4.78, 5) is 6.77. The van der Waals surface area contributed by atoms with E-state index in [4.69, 9.17) is 5.84 Å². The van der Waals surface area contributed by atoms with Gasteiger partial charge in [0.25, 0.3) is 0 Å². The minimum absolute atomic E-state index is 0.755. The molecular weight excluding hydrogens is 224 g/mol. The van der Waals surface area contributed by atoms with Gasteiger partial charge in [0.05, 0.1) is 0 Å². The fraction of sp³-hybridized carbons (Fsp3) is 0.643. The molecule has 1 heterocycles. The molecule has 0 unspecified atom stereocenters. The van der Waals surface area contributed by atoms with E-state index in [-0.39, 0.29) is 0 Å². The molecule has 0 amide bonds. The lowest BCUT2D eigenvalue weighted by Crippen LogP contribution is -2.28. The second-order valence-electron chi connectivity index (χ2n) is 5.77. The number of rotatable bonds is 7. The van der Waals surface area contributed by atoms with Gasteiger partial charge >= 0.3 is 0 Å². The van der Waals surface area contributed by atoms with Crippen LogP contribution in [0.2, 0.25) is 0 Å². The Bertz CT molecular complexity index is 385. The zero-order valence-electron chi connectivity index (χ0n) is 10.8. The van der Waals surface area contributed by atoms with Crippen molar-refractivity contribution in [1.82, 2.24) is 9.88 Å².